The van der Waals surface area contributed by atoms with E-state index in [2.05, 4.69) is 20.9 Å². The molecule has 3 N–H and O–H groups in total. The zero-order chi connectivity index (χ0) is 16.8. The van der Waals surface area contributed by atoms with Crippen LogP contribution in [0.1, 0.15) is 21.6 Å². The van der Waals surface area contributed by atoms with Crippen LogP contribution in [0, 0.1) is 0 Å². The Morgan fingerprint density at radius 3 is 2.74 bits per heavy atom. The number of amides is 1. The normalized spacial score (nSPS) is 11.3. The van der Waals surface area contributed by atoms with Crippen LogP contribution in [-0.2, 0) is 20.1 Å². The fraction of sp³-hybridized carbons (Fsp3) is 0.294. The van der Waals surface area contributed by atoms with Crippen molar-refractivity contribution in [3.05, 3.63) is 59.4 Å². The van der Waals surface area contributed by atoms with E-state index in [1.54, 1.807) is 19.2 Å². The summed E-state index contributed by atoms with van der Waals surface area (Å²) in [6, 6.07) is 11.4. The van der Waals surface area contributed by atoms with Gasteiger partial charge in [0.05, 0.1) is 6.54 Å². The molecule has 1 amide bonds. The first kappa shape index (κ1) is 16.6. The first-order chi connectivity index (χ1) is 11.0. The molecule has 0 radical (unpaired) electrons. The summed E-state index contributed by atoms with van der Waals surface area (Å²) in [6.45, 7) is 1.33. The van der Waals surface area contributed by atoms with Crippen molar-refractivity contribution in [1.29, 1.82) is 0 Å². The van der Waals surface area contributed by atoms with Crippen LogP contribution in [0.5, 0.6) is 0 Å². The molecule has 0 saturated heterocycles. The van der Waals surface area contributed by atoms with E-state index in [4.69, 9.17) is 5.73 Å². The molecule has 2 rings (SSSR count). The standard InChI is InChI=1S/C17H23N5O/c1-19-17(22(3)12-15-8-5-9-21(15)2)20-11-13-6-4-7-14(10-13)16(18)23/h4-10H,11-12H2,1-3H3,(H2,18,23)(H,19,20). The van der Waals surface area contributed by atoms with Gasteiger partial charge in [-0.15, -0.1) is 0 Å². The van der Waals surface area contributed by atoms with Crippen LogP contribution in [0.3, 0.4) is 0 Å². The predicted molar refractivity (Wildman–Crippen MR) is 92.0 cm³/mol. The molecule has 0 aliphatic rings. The van der Waals surface area contributed by atoms with E-state index in [1.807, 2.05) is 43.4 Å². The molecule has 1 aromatic heterocycles. The summed E-state index contributed by atoms with van der Waals surface area (Å²) in [7, 11) is 5.76. The topological polar surface area (TPSA) is 75.6 Å². The van der Waals surface area contributed by atoms with Crippen molar-refractivity contribution in [3.8, 4) is 0 Å². The fourth-order valence-electron chi connectivity index (χ4n) is 2.38. The predicted octanol–water partition coefficient (Wildman–Crippen LogP) is 1.33. The highest BCUT2D eigenvalue weighted by Gasteiger charge is 2.09. The van der Waals surface area contributed by atoms with Crippen LogP contribution < -0.4 is 11.1 Å². The Morgan fingerprint density at radius 2 is 2.13 bits per heavy atom. The number of nitrogens with zero attached hydrogens (tertiary/aromatic N) is 3. The molecule has 1 heterocycles. The molecule has 23 heavy (non-hydrogen) atoms. The smallest absolute Gasteiger partial charge is 0.248 e. The monoisotopic (exact) mass is 313 g/mol. The number of aliphatic imine (C=N–C) groups is 1. The van der Waals surface area contributed by atoms with E-state index >= 15 is 0 Å². The molecule has 6 heteroatoms. The molecule has 0 spiro atoms. The van der Waals surface area contributed by atoms with Crippen LogP contribution in [0.15, 0.2) is 47.6 Å². The molecule has 6 nitrogen and oxygen atoms in total. The molecule has 0 fully saturated rings. The summed E-state index contributed by atoms with van der Waals surface area (Å²) < 4.78 is 2.08. The SMILES string of the molecule is CN=C(NCc1cccc(C(N)=O)c1)N(C)Cc1cccn1C. The minimum Gasteiger partial charge on any atom is -0.366 e. The molecular formula is C17H23N5O. The molecular weight excluding hydrogens is 290 g/mol. The van der Waals surface area contributed by atoms with E-state index in [1.165, 1.54) is 5.69 Å². The lowest BCUT2D eigenvalue weighted by Crippen LogP contribution is -2.38. The van der Waals surface area contributed by atoms with Gasteiger partial charge in [-0.2, -0.15) is 0 Å². The van der Waals surface area contributed by atoms with Crippen molar-refractivity contribution >= 4 is 11.9 Å². The number of carbonyl (C=O) groups excluding carboxylic acids is 1. The third kappa shape index (κ3) is 4.35. The largest absolute Gasteiger partial charge is 0.366 e. The average Bonchev–Trinajstić information content (AvgIpc) is 2.93. The van der Waals surface area contributed by atoms with Crippen molar-refractivity contribution < 1.29 is 4.79 Å². The van der Waals surface area contributed by atoms with Gasteiger partial charge in [0.25, 0.3) is 0 Å². The number of guanidine groups is 1. The summed E-state index contributed by atoms with van der Waals surface area (Å²) >= 11 is 0. The van der Waals surface area contributed by atoms with Gasteiger partial charge in [0.1, 0.15) is 0 Å². The maximum Gasteiger partial charge on any atom is 0.248 e. The third-order valence-electron chi connectivity index (χ3n) is 3.69. The quantitative estimate of drug-likeness (QED) is 0.646. The number of rotatable bonds is 5. The second-order valence-electron chi connectivity index (χ2n) is 5.43. The maximum absolute atomic E-state index is 11.2. The lowest BCUT2D eigenvalue weighted by Gasteiger charge is -2.22. The Labute approximate surface area is 136 Å². The van der Waals surface area contributed by atoms with Gasteiger partial charge in [0.15, 0.2) is 5.96 Å². The fourth-order valence-corrected chi connectivity index (χ4v) is 2.38. The lowest BCUT2D eigenvalue weighted by atomic mass is 10.1. The minimum atomic E-state index is -0.419. The number of aromatic nitrogens is 1. The zero-order valence-corrected chi connectivity index (χ0v) is 13.8. The van der Waals surface area contributed by atoms with Crippen LogP contribution in [0.4, 0.5) is 0 Å². The second-order valence-corrected chi connectivity index (χ2v) is 5.43. The van der Waals surface area contributed by atoms with Crippen molar-refractivity contribution in [2.75, 3.05) is 14.1 Å². The van der Waals surface area contributed by atoms with Gasteiger partial charge in [0, 0.05) is 45.1 Å². The Hall–Kier alpha value is -2.76. The Morgan fingerprint density at radius 1 is 1.35 bits per heavy atom. The van der Waals surface area contributed by atoms with Crippen molar-refractivity contribution in [1.82, 2.24) is 14.8 Å². The highest BCUT2D eigenvalue weighted by molar-refractivity contribution is 5.92. The van der Waals surface area contributed by atoms with Crippen molar-refractivity contribution in [2.45, 2.75) is 13.1 Å². The number of hydrogen-bond donors (Lipinski definition) is 2. The molecule has 0 bridgehead atoms. The van der Waals surface area contributed by atoms with Crippen molar-refractivity contribution in [3.63, 3.8) is 0 Å². The average molecular weight is 313 g/mol. The number of hydrogen-bond acceptors (Lipinski definition) is 2. The molecule has 1 aromatic carbocycles. The van der Waals surface area contributed by atoms with E-state index in [0.29, 0.717) is 12.1 Å². The number of benzene rings is 1. The van der Waals surface area contributed by atoms with Crippen LogP contribution >= 0.6 is 0 Å². The zero-order valence-electron chi connectivity index (χ0n) is 13.8. The summed E-state index contributed by atoms with van der Waals surface area (Å²) in [5.41, 5.74) is 8.00. The van der Waals surface area contributed by atoms with Crippen LogP contribution in [0.25, 0.3) is 0 Å². The summed E-state index contributed by atoms with van der Waals surface area (Å²) in [5, 5.41) is 3.30. The number of nitrogens with one attached hydrogen (secondary N) is 1. The summed E-state index contributed by atoms with van der Waals surface area (Å²) in [5.74, 6) is 0.368. The van der Waals surface area contributed by atoms with Gasteiger partial charge in [-0.05, 0) is 29.8 Å². The first-order valence-corrected chi connectivity index (χ1v) is 7.42. The summed E-state index contributed by atoms with van der Waals surface area (Å²) in [4.78, 5) is 17.6. The molecule has 0 atom stereocenters. The molecule has 122 valence electrons. The second kappa shape index (κ2) is 7.49. The highest BCUT2D eigenvalue weighted by atomic mass is 16.1. The van der Waals surface area contributed by atoms with Crippen molar-refractivity contribution in [2.24, 2.45) is 17.8 Å². The minimum absolute atomic E-state index is 0.419. The van der Waals surface area contributed by atoms with E-state index < -0.39 is 5.91 Å². The molecule has 0 unspecified atom stereocenters. The van der Waals surface area contributed by atoms with Gasteiger partial charge >= 0.3 is 0 Å². The van der Waals surface area contributed by atoms with E-state index in [9.17, 15) is 4.79 Å². The Bertz CT molecular complexity index is 705. The van der Waals surface area contributed by atoms with Gasteiger partial charge in [-0.1, -0.05) is 12.1 Å². The third-order valence-corrected chi connectivity index (χ3v) is 3.69. The van der Waals surface area contributed by atoms with E-state index in [-0.39, 0.29) is 0 Å². The molecule has 0 aliphatic carbocycles. The molecule has 0 saturated carbocycles. The number of aryl methyl sites for hydroxylation is 1. The lowest BCUT2D eigenvalue weighted by molar-refractivity contribution is 0.1000. The first-order valence-electron chi connectivity index (χ1n) is 7.42. The molecule has 0 aliphatic heterocycles. The highest BCUT2D eigenvalue weighted by Crippen LogP contribution is 2.06. The van der Waals surface area contributed by atoms with Gasteiger partial charge < -0.3 is 20.5 Å². The van der Waals surface area contributed by atoms with Gasteiger partial charge in [0.2, 0.25) is 5.91 Å². The number of nitrogens with two attached hydrogens (primary N) is 1. The number of primary amides is 1. The van der Waals surface area contributed by atoms with Crippen LogP contribution in [-0.4, -0.2) is 35.4 Å². The number of carbonyl (C=O) groups is 1. The molecule has 2 aromatic rings. The summed E-state index contributed by atoms with van der Waals surface area (Å²) in [6.07, 6.45) is 2.02. The van der Waals surface area contributed by atoms with Gasteiger partial charge in [-0.25, -0.2) is 0 Å². The van der Waals surface area contributed by atoms with Crippen LogP contribution in [0.2, 0.25) is 0 Å². The Kier molecular flexibility index (Phi) is 5.41. The van der Waals surface area contributed by atoms with Gasteiger partial charge in [-0.3, -0.25) is 9.79 Å². The Balaban J connectivity index is 1.98. The maximum atomic E-state index is 11.2. The van der Waals surface area contributed by atoms with E-state index in [0.717, 1.165) is 18.1 Å².